The molecule has 0 saturated heterocycles. The van der Waals surface area contributed by atoms with E-state index < -0.39 is 0 Å². The van der Waals surface area contributed by atoms with E-state index >= 15 is 0 Å². The molecule has 3 unspecified atom stereocenters. The zero-order valence-corrected chi connectivity index (χ0v) is 9.01. The first-order valence-corrected chi connectivity index (χ1v) is 5.59. The van der Waals surface area contributed by atoms with Gasteiger partial charge in [-0.3, -0.25) is 4.79 Å². The largest absolute Gasteiger partial charge is 0.465 e. The van der Waals surface area contributed by atoms with Crippen LogP contribution in [0.1, 0.15) is 32.6 Å². The third kappa shape index (κ3) is 1.26. The number of esters is 1. The van der Waals surface area contributed by atoms with Gasteiger partial charge in [0.05, 0.1) is 6.61 Å². The van der Waals surface area contributed by atoms with Crippen LogP contribution in [-0.2, 0) is 9.53 Å². The van der Waals surface area contributed by atoms with Crippen molar-refractivity contribution >= 4 is 5.97 Å². The van der Waals surface area contributed by atoms with Gasteiger partial charge in [0.2, 0.25) is 0 Å². The minimum atomic E-state index is -0.348. The molecular formula is C11H19NO2. The Hall–Kier alpha value is -0.570. The van der Waals surface area contributed by atoms with Crippen molar-refractivity contribution in [2.75, 3.05) is 13.7 Å². The molecule has 0 aliphatic heterocycles. The number of hydrogen-bond donors (Lipinski definition) is 1. The molecule has 14 heavy (non-hydrogen) atoms. The van der Waals surface area contributed by atoms with E-state index in [0.717, 1.165) is 12.3 Å². The molecule has 0 aromatic carbocycles. The van der Waals surface area contributed by atoms with Gasteiger partial charge in [0.1, 0.15) is 5.54 Å². The third-order valence-electron chi connectivity index (χ3n) is 3.93. The average molecular weight is 197 g/mol. The summed E-state index contributed by atoms with van der Waals surface area (Å²) in [7, 11) is 1.89. The lowest BCUT2D eigenvalue weighted by molar-refractivity contribution is -0.153. The average Bonchev–Trinajstić information content (AvgIpc) is 2.77. The van der Waals surface area contributed by atoms with Crippen molar-refractivity contribution in [3.63, 3.8) is 0 Å². The maximum absolute atomic E-state index is 11.9. The molecule has 0 aromatic rings. The second kappa shape index (κ2) is 3.54. The summed E-state index contributed by atoms with van der Waals surface area (Å²) in [5, 5.41) is 3.22. The quantitative estimate of drug-likeness (QED) is 0.694. The molecule has 0 spiro atoms. The number of carbonyl (C=O) groups excluding carboxylic acids is 1. The maximum atomic E-state index is 11.9. The highest BCUT2D eigenvalue weighted by Crippen LogP contribution is 2.51. The molecule has 2 saturated carbocycles. The van der Waals surface area contributed by atoms with Crippen molar-refractivity contribution in [3.05, 3.63) is 0 Å². The highest BCUT2D eigenvalue weighted by molar-refractivity contribution is 5.82. The molecule has 0 aromatic heterocycles. The van der Waals surface area contributed by atoms with Gasteiger partial charge in [-0.05, 0) is 45.1 Å². The number of fused-ring (bicyclic) bond motifs is 2. The monoisotopic (exact) mass is 197 g/mol. The summed E-state index contributed by atoms with van der Waals surface area (Å²) < 4.78 is 5.17. The van der Waals surface area contributed by atoms with E-state index in [0.29, 0.717) is 12.5 Å². The van der Waals surface area contributed by atoms with Gasteiger partial charge in [-0.15, -0.1) is 0 Å². The van der Waals surface area contributed by atoms with Gasteiger partial charge < -0.3 is 10.1 Å². The highest BCUT2D eigenvalue weighted by Gasteiger charge is 2.55. The molecule has 0 amide bonds. The Labute approximate surface area is 85.2 Å². The molecule has 2 aliphatic rings. The molecule has 0 heterocycles. The van der Waals surface area contributed by atoms with Crippen molar-refractivity contribution in [1.82, 2.24) is 5.32 Å². The Morgan fingerprint density at radius 2 is 2.36 bits per heavy atom. The maximum Gasteiger partial charge on any atom is 0.326 e. The van der Waals surface area contributed by atoms with Crippen LogP contribution in [0.3, 0.4) is 0 Å². The van der Waals surface area contributed by atoms with Crippen LogP contribution in [0.4, 0.5) is 0 Å². The molecule has 2 rings (SSSR count). The lowest BCUT2D eigenvalue weighted by Gasteiger charge is -2.34. The van der Waals surface area contributed by atoms with Crippen molar-refractivity contribution in [3.8, 4) is 0 Å². The predicted molar refractivity (Wildman–Crippen MR) is 53.9 cm³/mol. The van der Waals surface area contributed by atoms with Gasteiger partial charge in [0.25, 0.3) is 0 Å². The SMILES string of the molecule is CCOC(=O)C1(NC)CC2CCC1C2. The fourth-order valence-electron chi connectivity index (χ4n) is 3.25. The minimum Gasteiger partial charge on any atom is -0.465 e. The Bertz CT molecular complexity index is 241. The van der Waals surface area contributed by atoms with E-state index in [2.05, 4.69) is 5.32 Å². The second-order valence-electron chi connectivity index (χ2n) is 4.52. The first-order valence-electron chi connectivity index (χ1n) is 5.59. The zero-order chi connectivity index (χ0) is 10.2. The molecule has 3 heteroatoms. The highest BCUT2D eigenvalue weighted by atomic mass is 16.5. The Morgan fingerprint density at radius 1 is 1.57 bits per heavy atom. The summed E-state index contributed by atoms with van der Waals surface area (Å²) in [4.78, 5) is 11.9. The molecule has 3 atom stereocenters. The number of carbonyl (C=O) groups is 1. The topological polar surface area (TPSA) is 38.3 Å². The van der Waals surface area contributed by atoms with Crippen LogP contribution >= 0.6 is 0 Å². The minimum absolute atomic E-state index is 0.0327. The summed E-state index contributed by atoms with van der Waals surface area (Å²) in [6.07, 6.45) is 4.67. The molecule has 2 bridgehead atoms. The summed E-state index contributed by atoms with van der Waals surface area (Å²) in [5.74, 6) is 1.23. The van der Waals surface area contributed by atoms with Gasteiger partial charge in [-0.25, -0.2) is 0 Å². The molecule has 80 valence electrons. The van der Waals surface area contributed by atoms with E-state index in [-0.39, 0.29) is 11.5 Å². The van der Waals surface area contributed by atoms with Gasteiger partial charge in [-0.1, -0.05) is 6.42 Å². The standard InChI is InChI=1S/C11H19NO2/c1-3-14-10(13)11(12-2)7-8-4-5-9(11)6-8/h8-9,12H,3-7H2,1-2H3. The Balaban J connectivity index is 2.14. The van der Waals surface area contributed by atoms with Crippen molar-refractivity contribution in [1.29, 1.82) is 0 Å². The molecule has 2 fully saturated rings. The van der Waals surface area contributed by atoms with Gasteiger partial charge in [-0.2, -0.15) is 0 Å². The fourth-order valence-corrected chi connectivity index (χ4v) is 3.25. The van der Waals surface area contributed by atoms with Crippen LogP contribution in [-0.4, -0.2) is 25.2 Å². The number of hydrogen-bond acceptors (Lipinski definition) is 3. The van der Waals surface area contributed by atoms with Crippen LogP contribution < -0.4 is 5.32 Å². The van der Waals surface area contributed by atoms with E-state index in [1.165, 1.54) is 19.3 Å². The number of rotatable bonds is 3. The third-order valence-corrected chi connectivity index (χ3v) is 3.93. The normalized spacial score (nSPS) is 40.1. The summed E-state index contributed by atoms with van der Waals surface area (Å²) in [5.41, 5.74) is -0.348. The van der Waals surface area contributed by atoms with Crippen LogP contribution in [0, 0.1) is 11.8 Å². The summed E-state index contributed by atoms with van der Waals surface area (Å²) in [6.45, 7) is 2.36. The fraction of sp³-hybridized carbons (Fsp3) is 0.909. The number of likely N-dealkylation sites (N-methyl/N-ethyl adjacent to an activating group) is 1. The predicted octanol–water partition coefficient (Wildman–Crippen LogP) is 1.33. The van der Waals surface area contributed by atoms with Crippen LogP contribution in [0.25, 0.3) is 0 Å². The van der Waals surface area contributed by atoms with E-state index in [1.54, 1.807) is 0 Å². The van der Waals surface area contributed by atoms with Crippen molar-refractivity contribution < 1.29 is 9.53 Å². The molecule has 1 N–H and O–H groups in total. The molecule has 2 aliphatic carbocycles. The van der Waals surface area contributed by atoms with Gasteiger partial charge in [0.15, 0.2) is 0 Å². The summed E-state index contributed by atoms with van der Waals surface area (Å²) in [6, 6.07) is 0. The van der Waals surface area contributed by atoms with Gasteiger partial charge >= 0.3 is 5.97 Å². The van der Waals surface area contributed by atoms with Crippen LogP contribution in [0.5, 0.6) is 0 Å². The first kappa shape index (κ1) is 9.97. The number of nitrogens with one attached hydrogen (secondary N) is 1. The van der Waals surface area contributed by atoms with Crippen molar-refractivity contribution in [2.24, 2.45) is 11.8 Å². The van der Waals surface area contributed by atoms with Gasteiger partial charge in [0, 0.05) is 0 Å². The lowest BCUT2D eigenvalue weighted by atomic mass is 9.81. The Morgan fingerprint density at radius 3 is 2.79 bits per heavy atom. The molecule has 3 nitrogen and oxygen atoms in total. The van der Waals surface area contributed by atoms with Crippen molar-refractivity contribution in [2.45, 2.75) is 38.1 Å². The first-order chi connectivity index (χ1) is 6.73. The second-order valence-corrected chi connectivity index (χ2v) is 4.52. The van der Waals surface area contributed by atoms with Crippen LogP contribution in [0.15, 0.2) is 0 Å². The smallest absolute Gasteiger partial charge is 0.326 e. The zero-order valence-electron chi connectivity index (χ0n) is 9.01. The molecule has 0 radical (unpaired) electrons. The Kier molecular flexibility index (Phi) is 2.52. The van der Waals surface area contributed by atoms with E-state index in [4.69, 9.17) is 4.74 Å². The van der Waals surface area contributed by atoms with Crippen LogP contribution in [0.2, 0.25) is 0 Å². The summed E-state index contributed by atoms with van der Waals surface area (Å²) >= 11 is 0. The molecular weight excluding hydrogens is 178 g/mol. The van der Waals surface area contributed by atoms with E-state index in [9.17, 15) is 4.79 Å². The lowest BCUT2D eigenvalue weighted by Crippen LogP contribution is -2.55. The van der Waals surface area contributed by atoms with E-state index in [1.807, 2.05) is 14.0 Å². The number of ether oxygens (including phenoxy) is 1.